The predicted molar refractivity (Wildman–Crippen MR) is 118 cm³/mol. The van der Waals surface area contributed by atoms with E-state index in [9.17, 15) is 4.79 Å². The highest BCUT2D eigenvalue weighted by atomic mass is 16.5. The van der Waals surface area contributed by atoms with Crippen LogP contribution in [0.2, 0.25) is 0 Å². The van der Waals surface area contributed by atoms with Crippen LogP contribution < -0.4 is 5.32 Å². The number of anilines is 1. The molecular weight excluding hydrogens is 392 g/mol. The molecule has 0 spiro atoms. The first-order valence-electron chi connectivity index (χ1n) is 10.5. The second-order valence-electron chi connectivity index (χ2n) is 7.96. The smallest absolute Gasteiger partial charge is 0.322 e. The van der Waals surface area contributed by atoms with Crippen LogP contribution in [-0.2, 0) is 11.3 Å². The minimum atomic E-state index is -0.170. The number of aromatic nitrogens is 4. The molecule has 0 unspecified atom stereocenters. The number of carbonyl (C=O) groups is 1. The third kappa shape index (κ3) is 4.06. The normalized spacial score (nSPS) is 16.1. The van der Waals surface area contributed by atoms with E-state index in [-0.39, 0.29) is 12.1 Å². The van der Waals surface area contributed by atoms with Crippen LogP contribution >= 0.6 is 0 Å². The molecule has 5 rings (SSSR count). The summed E-state index contributed by atoms with van der Waals surface area (Å²) in [6.45, 7) is 3.69. The number of tetrazole rings is 1. The van der Waals surface area contributed by atoms with Gasteiger partial charge in [-0.05, 0) is 60.5 Å². The number of nitrogens with one attached hydrogen (secondary N) is 1. The highest BCUT2D eigenvalue weighted by Gasteiger charge is 2.24. The van der Waals surface area contributed by atoms with Crippen LogP contribution in [0.15, 0.2) is 54.6 Å². The van der Waals surface area contributed by atoms with Crippen LogP contribution in [0.5, 0.6) is 0 Å². The summed E-state index contributed by atoms with van der Waals surface area (Å²) in [7, 11) is 0. The molecule has 31 heavy (non-hydrogen) atoms. The zero-order valence-corrected chi connectivity index (χ0v) is 17.4. The first kappa shape index (κ1) is 19.4. The largest absolute Gasteiger partial charge is 0.376 e. The van der Waals surface area contributed by atoms with Crippen molar-refractivity contribution < 1.29 is 9.53 Å². The van der Waals surface area contributed by atoms with Gasteiger partial charge in [-0.3, -0.25) is 0 Å². The average molecular weight is 416 g/mol. The number of rotatable bonds is 5. The molecule has 0 bridgehead atoms. The van der Waals surface area contributed by atoms with E-state index in [1.165, 1.54) is 0 Å². The number of ether oxygens (including phenoxy) is 1. The summed E-state index contributed by atoms with van der Waals surface area (Å²) in [4.78, 5) is 15.0. The van der Waals surface area contributed by atoms with Crippen LogP contribution in [0.3, 0.4) is 0 Å². The fourth-order valence-corrected chi connectivity index (χ4v) is 4.08. The number of nitrogens with zero attached hydrogens (tertiary/aromatic N) is 5. The lowest BCUT2D eigenvalue weighted by atomic mass is 10.1. The van der Waals surface area contributed by atoms with E-state index in [2.05, 4.69) is 39.9 Å². The number of fused-ring (bicyclic) bond motifs is 3. The Hall–Kier alpha value is -3.52. The minimum absolute atomic E-state index is 0.0382. The number of pyridine rings is 1. The van der Waals surface area contributed by atoms with Crippen LogP contribution in [0.4, 0.5) is 10.5 Å². The number of aryl methyl sites for hydroxylation is 1. The topological polar surface area (TPSA) is 84.6 Å². The molecule has 1 atom stereocenters. The average Bonchev–Trinajstić information content (AvgIpc) is 3.46. The SMILES string of the molecule is Cc1ccc2c(c1)cc(CN(C[C@@H]1CCCO1)C(=O)Nc1ccccc1)c1nnnn12. The highest BCUT2D eigenvalue weighted by Crippen LogP contribution is 2.23. The van der Waals surface area contributed by atoms with Gasteiger partial charge in [-0.2, -0.15) is 4.52 Å². The minimum Gasteiger partial charge on any atom is -0.376 e. The van der Waals surface area contributed by atoms with Gasteiger partial charge in [0.15, 0.2) is 5.65 Å². The van der Waals surface area contributed by atoms with Crippen molar-refractivity contribution in [1.82, 2.24) is 24.9 Å². The van der Waals surface area contributed by atoms with E-state index in [1.54, 1.807) is 9.42 Å². The second kappa shape index (κ2) is 8.31. The van der Waals surface area contributed by atoms with Gasteiger partial charge in [-0.25, -0.2) is 4.79 Å². The number of carbonyl (C=O) groups excluding carboxylic acids is 1. The van der Waals surface area contributed by atoms with Crippen LogP contribution in [0, 0.1) is 6.92 Å². The van der Waals surface area contributed by atoms with Gasteiger partial charge in [-0.15, -0.1) is 5.10 Å². The Morgan fingerprint density at radius 2 is 2.10 bits per heavy atom. The van der Waals surface area contributed by atoms with E-state index < -0.39 is 0 Å². The van der Waals surface area contributed by atoms with E-state index in [4.69, 9.17) is 4.74 Å². The van der Waals surface area contributed by atoms with Gasteiger partial charge >= 0.3 is 6.03 Å². The highest BCUT2D eigenvalue weighted by molar-refractivity contribution is 5.90. The van der Waals surface area contributed by atoms with Crippen molar-refractivity contribution in [2.45, 2.75) is 32.4 Å². The molecule has 2 aromatic carbocycles. The molecule has 4 aromatic rings. The van der Waals surface area contributed by atoms with Gasteiger partial charge in [0.25, 0.3) is 0 Å². The van der Waals surface area contributed by atoms with Crippen molar-refractivity contribution in [2.75, 3.05) is 18.5 Å². The van der Waals surface area contributed by atoms with Gasteiger partial charge in [0.1, 0.15) is 0 Å². The lowest BCUT2D eigenvalue weighted by molar-refractivity contribution is 0.0820. The Balaban J connectivity index is 1.49. The number of hydrogen-bond acceptors (Lipinski definition) is 5. The summed E-state index contributed by atoms with van der Waals surface area (Å²) in [6, 6.07) is 17.5. The summed E-state index contributed by atoms with van der Waals surface area (Å²) in [6.07, 6.45) is 2.01. The Bertz CT molecular complexity index is 1220. The van der Waals surface area contributed by atoms with Gasteiger partial charge in [0, 0.05) is 29.8 Å². The molecular formula is C23H24N6O2. The summed E-state index contributed by atoms with van der Waals surface area (Å²) in [5, 5.41) is 16.3. The molecule has 1 aliphatic heterocycles. The van der Waals surface area contributed by atoms with Crippen LogP contribution in [-0.4, -0.2) is 50.2 Å². The van der Waals surface area contributed by atoms with Crippen molar-refractivity contribution in [1.29, 1.82) is 0 Å². The number of benzene rings is 2. The number of para-hydroxylation sites is 1. The lowest BCUT2D eigenvalue weighted by Crippen LogP contribution is -2.39. The first-order valence-corrected chi connectivity index (χ1v) is 10.5. The van der Waals surface area contributed by atoms with Gasteiger partial charge in [-0.1, -0.05) is 29.8 Å². The lowest BCUT2D eigenvalue weighted by Gasteiger charge is -2.26. The Kier molecular flexibility index (Phi) is 5.21. The van der Waals surface area contributed by atoms with Crippen LogP contribution in [0.1, 0.15) is 24.0 Å². The van der Waals surface area contributed by atoms with E-state index in [0.717, 1.165) is 47.2 Å². The third-order valence-electron chi connectivity index (χ3n) is 5.62. The zero-order chi connectivity index (χ0) is 21.2. The zero-order valence-electron chi connectivity index (χ0n) is 17.4. The Morgan fingerprint density at radius 3 is 2.90 bits per heavy atom. The van der Waals surface area contributed by atoms with E-state index >= 15 is 0 Å². The number of amides is 2. The molecule has 2 amide bonds. The molecule has 1 aliphatic rings. The Morgan fingerprint density at radius 1 is 1.23 bits per heavy atom. The fraction of sp³-hybridized carbons (Fsp3) is 0.304. The Labute approximate surface area is 179 Å². The van der Waals surface area contributed by atoms with Crippen molar-refractivity contribution in [3.63, 3.8) is 0 Å². The number of urea groups is 1. The maximum Gasteiger partial charge on any atom is 0.322 e. The molecule has 1 N–H and O–H groups in total. The van der Waals surface area contributed by atoms with Crippen molar-refractivity contribution in [3.05, 3.63) is 65.7 Å². The van der Waals surface area contributed by atoms with Crippen LogP contribution in [0.25, 0.3) is 16.6 Å². The first-order chi connectivity index (χ1) is 15.2. The number of hydrogen-bond donors (Lipinski definition) is 1. The van der Waals surface area contributed by atoms with Gasteiger partial charge < -0.3 is 15.0 Å². The van der Waals surface area contributed by atoms with E-state index in [1.807, 2.05) is 42.5 Å². The molecule has 0 aliphatic carbocycles. The van der Waals surface area contributed by atoms with Crippen molar-refractivity contribution in [3.8, 4) is 0 Å². The van der Waals surface area contributed by atoms with Gasteiger partial charge in [0.2, 0.25) is 0 Å². The summed E-state index contributed by atoms with van der Waals surface area (Å²) < 4.78 is 7.55. The molecule has 158 valence electrons. The summed E-state index contributed by atoms with van der Waals surface area (Å²) in [5.41, 5.74) is 4.40. The quantitative estimate of drug-likeness (QED) is 0.535. The maximum absolute atomic E-state index is 13.2. The predicted octanol–water partition coefficient (Wildman–Crippen LogP) is 3.80. The molecule has 1 saturated heterocycles. The van der Waals surface area contributed by atoms with E-state index in [0.29, 0.717) is 18.7 Å². The van der Waals surface area contributed by atoms with Crippen molar-refractivity contribution >= 4 is 28.3 Å². The maximum atomic E-state index is 13.2. The standard InChI is InChI=1S/C23H24N6O2/c1-16-9-10-21-17(12-16)13-18(22-25-26-27-29(21)22)14-28(15-20-8-5-11-31-20)23(30)24-19-6-3-2-4-7-19/h2-4,6-7,9-10,12-13,20H,5,8,11,14-15H2,1H3,(H,24,30)/t20-/m0/s1. The summed E-state index contributed by atoms with van der Waals surface area (Å²) in [5.74, 6) is 0. The summed E-state index contributed by atoms with van der Waals surface area (Å²) >= 11 is 0. The monoisotopic (exact) mass is 416 g/mol. The molecule has 3 heterocycles. The molecule has 2 aromatic heterocycles. The van der Waals surface area contributed by atoms with Gasteiger partial charge in [0.05, 0.1) is 18.2 Å². The molecule has 8 nitrogen and oxygen atoms in total. The molecule has 1 fully saturated rings. The molecule has 0 saturated carbocycles. The fourth-order valence-electron chi connectivity index (χ4n) is 4.08. The van der Waals surface area contributed by atoms with Crippen molar-refractivity contribution in [2.24, 2.45) is 0 Å². The second-order valence-corrected chi connectivity index (χ2v) is 7.96. The molecule has 0 radical (unpaired) electrons. The third-order valence-corrected chi connectivity index (χ3v) is 5.62. The molecule has 8 heteroatoms.